The van der Waals surface area contributed by atoms with E-state index in [2.05, 4.69) is 0 Å². The zero-order valence-electron chi connectivity index (χ0n) is 13.8. The van der Waals surface area contributed by atoms with Crippen molar-refractivity contribution < 1.29 is 24.1 Å². The van der Waals surface area contributed by atoms with E-state index in [0.29, 0.717) is 45.9 Å². The molecule has 0 saturated heterocycles. The zero-order chi connectivity index (χ0) is 17.3. The fraction of sp³-hybridized carbons (Fsp3) is 0.211. The minimum atomic E-state index is -0.0854. The number of ketones is 1. The molecule has 1 aliphatic rings. The highest BCUT2D eigenvalue weighted by Crippen LogP contribution is 2.42. The summed E-state index contributed by atoms with van der Waals surface area (Å²) in [7, 11) is 4.62. The number of hydrogen-bond acceptors (Lipinski definition) is 5. The molecule has 5 heteroatoms. The van der Waals surface area contributed by atoms with Gasteiger partial charge < -0.3 is 19.3 Å². The van der Waals surface area contributed by atoms with E-state index in [9.17, 15) is 9.90 Å². The molecule has 0 radical (unpaired) electrons. The molecule has 5 nitrogen and oxygen atoms in total. The number of rotatable bonds is 4. The number of methoxy groups -OCH3 is 3. The molecule has 0 spiro atoms. The molecule has 2 aromatic carbocycles. The van der Waals surface area contributed by atoms with Gasteiger partial charge in [-0.25, -0.2) is 0 Å². The van der Waals surface area contributed by atoms with Crippen LogP contribution in [0.2, 0.25) is 0 Å². The first-order valence-electron chi connectivity index (χ1n) is 7.45. The molecule has 2 aromatic rings. The predicted octanol–water partition coefficient (Wildman–Crippen LogP) is 3.24. The maximum Gasteiger partial charge on any atom is 0.203 e. The lowest BCUT2D eigenvalue weighted by molar-refractivity contribution is 0.104. The molecule has 24 heavy (non-hydrogen) atoms. The number of ether oxygens (including phenoxy) is 3. The Bertz CT molecular complexity index is 836. The van der Waals surface area contributed by atoms with Gasteiger partial charge in [-0.15, -0.1) is 0 Å². The number of fused-ring (bicyclic) bond motifs is 1. The Morgan fingerprint density at radius 2 is 1.75 bits per heavy atom. The van der Waals surface area contributed by atoms with E-state index < -0.39 is 0 Å². The second kappa shape index (κ2) is 6.28. The van der Waals surface area contributed by atoms with Gasteiger partial charge in [0.15, 0.2) is 17.3 Å². The molecule has 124 valence electrons. The summed E-state index contributed by atoms with van der Waals surface area (Å²) in [6, 6.07) is 8.56. The van der Waals surface area contributed by atoms with E-state index in [-0.39, 0.29) is 11.5 Å². The molecule has 0 saturated carbocycles. The standard InChI is InChI=1S/C19H18O5/c1-22-16-8-7-11(18(23-2)19(16)24-3)9-12-10-14-13(17(12)21)5-4-6-15(14)20/h4-9,20H,10H2,1-3H3. The maximum atomic E-state index is 12.6. The third kappa shape index (κ3) is 2.48. The number of Topliss-reactive ketones (excluding diaryl/α,β-unsaturated/α-hetero) is 1. The molecular weight excluding hydrogens is 308 g/mol. The quantitative estimate of drug-likeness (QED) is 0.874. The van der Waals surface area contributed by atoms with Gasteiger partial charge in [-0.05, 0) is 24.3 Å². The van der Waals surface area contributed by atoms with Gasteiger partial charge in [0.25, 0.3) is 0 Å². The highest BCUT2D eigenvalue weighted by atomic mass is 16.5. The molecule has 1 aliphatic carbocycles. The lowest BCUT2D eigenvalue weighted by Gasteiger charge is -2.14. The van der Waals surface area contributed by atoms with Gasteiger partial charge in [0, 0.05) is 28.7 Å². The number of aromatic hydroxyl groups is 1. The Balaban J connectivity index is 2.08. The summed E-state index contributed by atoms with van der Waals surface area (Å²) in [6.07, 6.45) is 2.15. The summed E-state index contributed by atoms with van der Waals surface area (Å²) < 4.78 is 16.1. The first kappa shape index (κ1) is 15.9. The lowest BCUT2D eigenvalue weighted by Crippen LogP contribution is -1.99. The summed E-state index contributed by atoms with van der Waals surface area (Å²) in [5.74, 6) is 1.58. The third-order valence-electron chi connectivity index (χ3n) is 4.12. The van der Waals surface area contributed by atoms with Gasteiger partial charge in [0.1, 0.15) is 5.75 Å². The van der Waals surface area contributed by atoms with Crippen molar-refractivity contribution in [2.24, 2.45) is 0 Å². The van der Waals surface area contributed by atoms with E-state index >= 15 is 0 Å². The van der Waals surface area contributed by atoms with Crippen LogP contribution in [-0.2, 0) is 6.42 Å². The minimum absolute atomic E-state index is 0.0854. The van der Waals surface area contributed by atoms with Gasteiger partial charge in [-0.1, -0.05) is 12.1 Å². The molecule has 0 amide bonds. The van der Waals surface area contributed by atoms with Gasteiger partial charge in [0.2, 0.25) is 5.75 Å². The molecule has 0 heterocycles. The summed E-state index contributed by atoms with van der Waals surface area (Å²) in [6.45, 7) is 0. The van der Waals surface area contributed by atoms with E-state index in [1.54, 1.807) is 37.5 Å². The van der Waals surface area contributed by atoms with Crippen LogP contribution < -0.4 is 14.2 Å². The number of phenols is 1. The van der Waals surface area contributed by atoms with Crippen molar-refractivity contribution in [1.29, 1.82) is 0 Å². The Labute approximate surface area is 140 Å². The average Bonchev–Trinajstić information content (AvgIpc) is 2.92. The van der Waals surface area contributed by atoms with Gasteiger partial charge in [-0.3, -0.25) is 4.79 Å². The molecule has 0 fully saturated rings. The fourth-order valence-electron chi connectivity index (χ4n) is 2.96. The van der Waals surface area contributed by atoms with Crippen LogP contribution in [0.25, 0.3) is 6.08 Å². The van der Waals surface area contributed by atoms with Crippen LogP contribution in [0.1, 0.15) is 21.5 Å². The molecule has 0 bridgehead atoms. The van der Waals surface area contributed by atoms with Crippen LogP contribution in [-0.4, -0.2) is 32.2 Å². The lowest BCUT2D eigenvalue weighted by atomic mass is 10.1. The van der Waals surface area contributed by atoms with Crippen molar-refractivity contribution in [2.45, 2.75) is 6.42 Å². The fourth-order valence-corrected chi connectivity index (χ4v) is 2.96. The summed E-state index contributed by atoms with van der Waals surface area (Å²) in [5.41, 5.74) is 2.51. The van der Waals surface area contributed by atoms with E-state index in [1.807, 2.05) is 6.07 Å². The Hall–Kier alpha value is -2.95. The van der Waals surface area contributed by atoms with E-state index in [4.69, 9.17) is 14.2 Å². The van der Waals surface area contributed by atoms with Crippen molar-refractivity contribution in [2.75, 3.05) is 21.3 Å². The number of benzene rings is 2. The number of hydrogen-bond donors (Lipinski definition) is 1. The maximum absolute atomic E-state index is 12.6. The first-order chi connectivity index (χ1) is 11.6. The van der Waals surface area contributed by atoms with Crippen LogP contribution in [0.3, 0.4) is 0 Å². The summed E-state index contributed by atoms with van der Waals surface area (Å²) in [5, 5.41) is 9.94. The summed E-state index contributed by atoms with van der Waals surface area (Å²) >= 11 is 0. The van der Waals surface area contributed by atoms with Crippen LogP contribution in [0.5, 0.6) is 23.0 Å². The molecule has 0 atom stereocenters. The van der Waals surface area contributed by atoms with Crippen molar-refractivity contribution in [3.05, 3.63) is 52.6 Å². The van der Waals surface area contributed by atoms with Crippen molar-refractivity contribution in [1.82, 2.24) is 0 Å². The molecule has 0 aromatic heterocycles. The number of allylic oxidation sites excluding steroid dienone is 1. The molecule has 1 N–H and O–H groups in total. The molecular formula is C19H18O5. The minimum Gasteiger partial charge on any atom is -0.508 e. The van der Waals surface area contributed by atoms with Crippen LogP contribution in [0.15, 0.2) is 35.9 Å². The number of phenolic OH excluding ortho intramolecular Hbond substituents is 1. The first-order valence-corrected chi connectivity index (χ1v) is 7.45. The number of carbonyl (C=O) groups is 1. The van der Waals surface area contributed by atoms with Gasteiger partial charge in [0.05, 0.1) is 21.3 Å². The van der Waals surface area contributed by atoms with Gasteiger partial charge >= 0.3 is 0 Å². The van der Waals surface area contributed by atoms with Gasteiger partial charge in [-0.2, -0.15) is 0 Å². The normalized spacial score (nSPS) is 14.6. The Morgan fingerprint density at radius 1 is 1.00 bits per heavy atom. The second-order valence-electron chi connectivity index (χ2n) is 5.40. The molecule has 3 rings (SSSR count). The van der Waals surface area contributed by atoms with E-state index in [0.717, 1.165) is 0 Å². The smallest absolute Gasteiger partial charge is 0.203 e. The zero-order valence-corrected chi connectivity index (χ0v) is 13.8. The van der Waals surface area contributed by atoms with Crippen molar-refractivity contribution in [3.63, 3.8) is 0 Å². The summed E-state index contributed by atoms with van der Waals surface area (Å²) in [4.78, 5) is 12.6. The second-order valence-corrected chi connectivity index (χ2v) is 5.40. The molecule has 0 unspecified atom stereocenters. The van der Waals surface area contributed by atoms with Crippen LogP contribution in [0, 0.1) is 0 Å². The topological polar surface area (TPSA) is 65.0 Å². The third-order valence-corrected chi connectivity index (χ3v) is 4.12. The SMILES string of the molecule is COc1ccc(C=C2Cc3c(O)cccc3C2=O)c(OC)c1OC. The van der Waals surface area contributed by atoms with Crippen molar-refractivity contribution in [3.8, 4) is 23.0 Å². The highest BCUT2D eigenvalue weighted by Gasteiger charge is 2.27. The Morgan fingerprint density at radius 3 is 2.38 bits per heavy atom. The largest absolute Gasteiger partial charge is 0.508 e. The number of carbonyl (C=O) groups excluding carboxylic acids is 1. The predicted molar refractivity (Wildman–Crippen MR) is 90.2 cm³/mol. The van der Waals surface area contributed by atoms with E-state index in [1.165, 1.54) is 14.2 Å². The highest BCUT2D eigenvalue weighted by molar-refractivity contribution is 6.16. The van der Waals surface area contributed by atoms with Crippen molar-refractivity contribution >= 4 is 11.9 Å². The molecule has 0 aliphatic heterocycles. The average molecular weight is 326 g/mol. The monoisotopic (exact) mass is 326 g/mol. The van der Waals surface area contributed by atoms with Crippen LogP contribution >= 0.6 is 0 Å². The Kier molecular flexibility index (Phi) is 4.16. The van der Waals surface area contributed by atoms with Crippen LogP contribution in [0.4, 0.5) is 0 Å².